The number of benzene rings is 1. The molecule has 2 rings (SSSR count). The van der Waals surface area contributed by atoms with Gasteiger partial charge in [-0.25, -0.2) is 0 Å². The summed E-state index contributed by atoms with van der Waals surface area (Å²) in [5, 5.41) is 8.91. The number of aromatic hydroxyl groups is 1. The van der Waals surface area contributed by atoms with Gasteiger partial charge in [0.1, 0.15) is 12.3 Å². The molecule has 1 saturated heterocycles. The van der Waals surface area contributed by atoms with Gasteiger partial charge in [-0.2, -0.15) is 0 Å². The molecule has 1 atom stereocenters. The van der Waals surface area contributed by atoms with Crippen molar-refractivity contribution in [2.75, 3.05) is 6.54 Å². The van der Waals surface area contributed by atoms with E-state index in [1.54, 1.807) is 19.1 Å². The zero-order valence-corrected chi connectivity index (χ0v) is 13.6. The van der Waals surface area contributed by atoms with Crippen LogP contribution in [0, 0.1) is 0 Å². The fraction of sp³-hybridized carbons (Fsp3) is 0.312. The quantitative estimate of drug-likeness (QED) is 0.658. The van der Waals surface area contributed by atoms with Crippen LogP contribution in [0.3, 0.4) is 0 Å². The predicted molar refractivity (Wildman–Crippen MR) is 86.6 cm³/mol. The molecule has 6 nitrogen and oxygen atoms in total. The van der Waals surface area contributed by atoms with Gasteiger partial charge in [0.2, 0.25) is 0 Å². The first-order valence-corrected chi connectivity index (χ1v) is 7.96. The number of esters is 1. The molecule has 1 fully saturated rings. The zero-order valence-electron chi connectivity index (χ0n) is 12.8. The second-order valence-electron chi connectivity index (χ2n) is 5.07. The van der Waals surface area contributed by atoms with Crippen molar-refractivity contribution in [2.24, 2.45) is 0 Å². The molecule has 0 bridgehead atoms. The van der Waals surface area contributed by atoms with Crippen LogP contribution < -0.4 is 0 Å². The van der Waals surface area contributed by atoms with E-state index >= 15 is 0 Å². The number of imide groups is 1. The van der Waals surface area contributed by atoms with E-state index in [4.69, 9.17) is 4.74 Å². The predicted octanol–water partition coefficient (Wildman–Crippen LogP) is 2.77. The van der Waals surface area contributed by atoms with Crippen LogP contribution in [0.25, 0.3) is 6.08 Å². The number of nitrogens with zero attached hydrogens (tertiary/aromatic N) is 1. The molecular formula is C16H17NO5S. The van der Waals surface area contributed by atoms with Crippen molar-refractivity contribution < 1.29 is 24.2 Å². The number of phenols is 1. The van der Waals surface area contributed by atoms with Crippen molar-refractivity contribution >= 4 is 35.0 Å². The van der Waals surface area contributed by atoms with Crippen molar-refractivity contribution in [3.05, 3.63) is 34.7 Å². The molecule has 122 valence electrons. The molecule has 0 spiro atoms. The number of hydrogen-bond acceptors (Lipinski definition) is 6. The van der Waals surface area contributed by atoms with Crippen molar-refractivity contribution in [1.82, 2.24) is 4.90 Å². The highest BCUT2D eigenvalue weighted by atomic mass is 32.2. The fourth-order valence-corrected chi connectivity index (χ4v) is 2.71. The molecule has 1 aromatic rings. The van der Waals surface area contributed by atoms with Crippen molar-refractivity contribution in [3.63, 3.8) is 0 Å². The highest BCUT2D eigenvalue weighted by Gasteiger charge is 2.36. The van der Waals surface area contributed by atoms with E-state index in [-0.39, 0.29) is 16.8 Å². The van der Waals surface area contributed by atoms with E-state index in [0.29, 0.717) is 12.0 Å². The summed E-state index contributed by atoms with van der Waals surface area (Å²) < 4.78 is 5.08. The average molecular weight is 335 g/mol. The van der Waals surface area contributed by atoms with Gasteiger partial charge in [0.05, 0.1) is 11.0 Å². The Kier molecular flexibility index (Phi) is 5.44. The van der Waals surface area contributed by atoms with Crippen molar-refractivity contribution in [3.8, 4) is 5.75 Å². The fourth-order valence-electron chi connectivity index (χ4n) is 1.88. The summed E-state index contributed by atoms with van der Waals surface area (Å²) in [6, 6.07) is 6.32. The van der Waals surface area contributed by atoms with Gasteiger partial charge in [-0.3, -0.25) is 19.3 Å². The Morgan fingerprint density at radius 1 is 1.43 bits per heavy atom. The largest absolute Gasteiger partial charge is 0.508 e. The number of hydrogen-bond donors (Lipinski definition) is 1. The minimum Gasteiger partial charge on any atom is -0.508 e. The molecule has 0 aliphatic carbocycles. The maximum atomic E-state index is 12.2. The summed E-state index contributed by atoms with van der Waals surface area (Å²) in [4.78, 5) is 37.0. The standard InChI is InChI=1S/C16H17NO5S/c1-3-10(2)22-14(19)9-17-15(20)13(23-16(17)21)8-11-5-4-6-12(18)7-11/h4-8,10,18H,3,9H2,1-2H3/b13-8+/t10-/m1/s1. The van der Waals surface area contributed by atoms with Crippen LogP contribution >= 0.6 is 11.8 Å². The molecule has 0 aromatic heterocycles. The van der Waals surface area contributed by atoms with E-state index < -0.39 is 23.7 Å². The first-order chi connectivity index (χ1) is 10.9. The van der Waals surface area contributed by atoms with Crippen LogP contribution in [0.1, 0.15) is 25.8 Å². The van der Waals surface area contributed by atoms with Gasteiger partial charge in [-0.15, -0.1) is 0 Å². The van der Waals surface area contributed by atoms with Gasteiger partial charge in [0.15, 0.2) is 0 Å². The number of ether oxygens (including phenoxy) is 1. The Hall–Kier alpha value is -2.28. The van der Waals surface area contributed by atoms with E-state index in [1.807, 2.05) is 6.92 Å². The molecule has 1 aromatic carbocycles. The van der Waals surface area contributed by atoms with Crippen LogP contribution in [0.4, 0.5) is 4.79 Å². The third-order valence-corrected chi connectivity index (χ3v) is 4.14. The number of thioether (sulfide) groups is 1. The molecule has 1 N–H and O–H groups in total. The summed E-state index contributed by atoms with van der Waals surface area (Å²) in [5.41, 5.74) is 0.595. The Morgan fingerprint density at radius 3 is 2.83 bits per heavy atom. The van der Waals surface area contributed by atoms with Gasteiger partial charge in [-0.05, 0) is 48.9 Å². The normalized spacial score (nSPS) is 17.7. The highest BCUT2D eigenvalue weighted by molar-refractivity contribution is 8.18. The van der Waals surface area contributed by atoms with Crippen molar-refractivity contribution in [2.45, 2.75) is 26.4 Å². The van der Waals surface area contributed by atoms with Crippen LogP contribution in [0.15, 0.2) is 29.2 Å². The molecule has 2 amide bonds. The summed E-state index contributed by atoms with van der Waals surface area (Å²) >= 11 is 0.758. The molecule has 7 heteroatoms. The maximum Gasteiger partial charge on any atom is 0.326 e. The first kappa shape index (κ1) is 17.1. The van der Waals surface area contributed by atoms with Gasteiger partial charge in [0.25, 0.3) is 11.1 Å². The average Bonchev–Trinajstić information content (AvgIpc) is 2.74. The van der Waals surface area contributed by atoms with Gasteiger partial charge >= 0.3 is 5.97 Å². The molecule has 1 aliphatic heterocycles. The Morgan fingerprint density at radius 2 is 2.17 bits per heavy atom. The Labute approximate surface area is 138 Å². The monoisotopic (exact) mass is 335 g/mol. The second-order valence-corrected chi connectivity index (χ2v) is 6.06. The van der Waals surface area contributed by atoms with Crippen LogP contribution in [-0.2, 0) is 14.3 Å². The number of amides is 2. The van der Waals surface area contributed by atoms with Gasteiger partial charge < -0.3 is 9.84 Å². The summed E-state index contributed by atoms with van der Waals surface area (Å²) in [5.74, 6) is -1.08. The smallest absolute Gasteiger partial charge is 0.326 e. The van der Waals surface area contributed by atoms with Crippen LogP contribution in [0.5, 0.6) is 5.75 Å². The Bertz CT molecular complexity index is 670. The van der Waals surface area contributed by atoms with Gasteiger partial charge in [-0.1, -0.05) is 19.1 Å². The zero-order chi connectivity index (χ0) is 17.0. The minimum atomic E-state index is -0.611. The van der Waals surface area contributed by atoms with E-state index in [0.717, 1.165) is 16.7 Å². The molecule has 1 heterocycles. The topological polar surface area (TPSA) is 83.9 Å². The number of phenolic OH excluding ortho intramolecular Hbond substituents is 1. The lowest BCUT2D eigenvalue weighted by molar-refractivity contribution is -0.150. The molecule has 0 saturated carbocycles. The molecule has 1 aliphatic rings. The molecule has 23 heavy (non-hydrogen) atoms. The van der Waals surface area contributed by atoms with Crippen molar-refractivity contribution in [1.29, 1.82) is 0 Å². The number of carbonyl (C=O) groups is 3. The first-order valence-electron chi connectivity index (χ1n) is 7.14. The number of rotatable bonds is 5. The van der Waals surface area contributed by atoms with Crippen LogP contribution in [0.2, 0.25) is 0 Å². The van der Waals surface area contributed by atoms with E-state index in [2.05, 4.69) is 0 Å². The lowest BCUT2D eigenvalue weighted by Crippen LogP contribution is -2.35. The summed E-state index contributed by atoms with van der Waals surface area (Å²) in [7, 11) is 0. The lowest BCUT2D eigenvalue weighted by atomic mass is 10.2. The maximum absolute atomic E-state index is 12.2. The third-order valence-electron chi connectivity index (χ3n) is 3.24. The molecular weight excluding hydrogens is 318 g/mol. The Balaban J connectivity index is 2.09. The van der Waals surface area contributed by atoms with E-state index in [1.165, 1.54) is 18.2 Å². The number of carbonyl (C=O) groups excluding carboxylic acids is 3. The summed E-state index contributed by atoms with van der Waals surface area (Å²) in [6.45, 7) is 3.22. The lowest BCUT2D eigenvalue weighted by Gasteiger charge is -2.14. The SMILES string of the molecule is CC[C@@H](C)OC(=O)CN1C(=O)S/C(=C/c2cccc(O)c2)C1=O. The van der Waals surface area contributed by atoms with E-state index in [9.17, 15) is 19.5 Å². The van der Waals surface area contributed by atoms with Gasteiger partial charge in [0, 0.05) is 0 Å². The highest BCUT2D eigenvalue weighted by Crippen LogP contribution is 2.32. The minimum absolute atomic E-state index is 0.0649. The molecule has 0 unspecified atom stereocenters. The molecule has 0 radical (unpaired) electrons. The second kappa shape index (κ2) is 7.32. The third kappa shape index (κ3) is 4.35. The van der Waals surface area contributed by atoms with Crippen LogP contribution in [-0.4, -0.2) is 39.8 Å². The summed E-state index contributed by atoms with van der Waals surface area (Å²) in [6.07, 6.45) is 1.90.